The summed E-state index contributed by atoms with van der Waals surface area (Å²) in [5, 5.41) is 3.33. The average molecular weight is 290 g/mol. The van der Waals surface area contributed by atoms with E-state index in [1.165, 1.54) is 0 Å². The molecule has 0 saturated carbocycles. The third-order valence-corrected chi connectivity index (χ3v) is 3.16. The van der Waals surface area contributed by atoms with Gasteiger partial charge < -0.3 is 19.2 Å². The topological polar surface area (TPSA) is 56.5 Å². The number of aromatic nitrogens is 1. The number of hydrogen-bond donors (Lipinski definition) is 1. The molecular weight excluding hydrogens is 268 g/mol. The Bertz CT molecular complexity index is 566. The van der Waals surface area contributed by atoms with Gasteiger partial charge in [-0.1, -0.05) is 6.92 Å². The summed E-state index contributed by atoms with van der Waals surface area (Å²) in [6.07, 6.45) is 3.66. The Balaban J connectivity index is 2.06. The highest BCUT2D eigenvalue weighted by atomic mass is 16.5. The Morgan fingerprint density at radius 2 is 1.95 bits per heavy atom. The Morgan fingerprint density at radius 1 is 1.14 bits per heavy atom. The SMILES string of the molecule is CCCNCCc1ncc(-c2ccc(OC)c(OC)c2)o1. The van der Waals surface area contributed by atoms with Crippen LogP contribution in [-0.2, 0) is 6.42 Å². The average Bonchev–Trinajstić information content (AvgIpc) is 2.99. The van der Waals surface area contributed by atoms with Gasteiger partial charge in [0.15, 0.2) is 23.1 Å². The fraction of sp³-hybridized carbons (Fsp3) is 0.438. The van der Waals surface area contributed by atoms with E-state index >= 15 is 0 Å². The van der Waals surface area contributed by atoms with E-state index in [1.54, 1.807) is 20.4 Å². The maximum absolute atomic E-state index is 5.78. The summed E-state index contributed by atoms with van der Waals surface area (Å²) < 4.78 is 16.3. The van der Waals surface area contributed by atoms with Gasteiger partial charge in [-0.25, -0.2) is 4.98 Å². The van der Waals surface area contributed by atoms with E-state index in [4.69, 9.17) is 13.9 Å². The summed E-state index contributed by atoms with van der Waals surface area (Å²) in [5.41, 5.74) is 0.924. The molecule has 1 N–H and O–H groups in total. The molecule has 0 bridgehead atoms. The second-order valence-electron chi connectivity index (χ2n) is 4.69. The molecular formula is C16H22N2O3. The van der Waals surface area contributed by atoms with Gasteiger partial charge >= 0.3 is 0 Å². The fourth-order valence-corrected chi connectivity index (χ4v) is 2.05. The molecule has 0 aliphatic carbocycles. The molecule has 0 aliphatic rings. The van der Waals surface area contributed by atoms with Crippen molar-refractivity contribution in [2.24, 2.45) is 0 Å². The standard InChI is InChI=1S/C16H22N2O3/c1-4-8-17-9-7-16-18-11-15(21-16)12-5-6-13(19-2)14(10-12)20-3/h5-6,10-11,17H,4,7-9H2,1-3H3. The van der Waals surface area contributed by atoms with Crippen LogP contribution in [0.5, 0.6) is 11.5 Å². The van der Waals surface area contributed by atoms with Crippen LogP contribution < -0.4 is 14.8 Å². The van der Waals surface area contributed by atoms with E-state index in [-0.39, 0.29) is 0 Å². The minimum atomic E-state index is 0.678. The van der Waals surface area contributed by atoms with Gasteiger partial charge in [0.2, 0.25) is 0 Å². The maximum Gasteiger partial charge on any atom is 0.196 e. The number of hydrogen-bond acceptors (Lipinski definition) is 5. The molecule has 21 heavy (non-hydrogen) atoms. The molecule has 5 heteroatoms. The first-order valence-corrected chi connectivity index (χ1v) is 7.16. The van der Waals surface area contributed by atoms with Crippen LogP contribution in [0.1, 0.15) is 19.2 Å². The fourth-order valence-electron chi connectivity index (χ4n) is 2.05. The number of nitrogens with one attached hydrogen (secondary N) is 1. The summed E-state index contributed by atoms with van der Waals surface area (Å²) in [6.45, 7) is 4.04. The van der Waals surface area contributed by atoms with Gasteiger partial charge in [-0.15, -0.1) is 0 Å². The summed E-state index contributed by atoms with van der Waals surface area (Å²) in [7, 11) is 3.24. The zero-order valence-electron chi connectivity index (χ0n) is 12.8. The predicted octanol–water partition coefficient (Wildman–Crippen LogP) is 2.90. The smallest absolute Gasteiger partial charge is 0.196 e. The molecule has 1 heterocycles. The molecule has 1 aromatic carbocycles. The van der Waals surface area contributed by atoms with Crippen molar-refractivity contribution in [1.82, 2.24) is 10.3 Å². The Hall–Kier alpha value is -2.01. The largest absolute Gasteiger partial charge is 0.493 e. The van der Waals surface area contributed by atoms with Gasteiger partial charge in [0.1, 0.15) is 0 Å². The number of oxazole rings is 1. The predicted molar refractivity (Wildman–Crippen MR) is 81.9 cm³/mol. The summed E-state index contributed by atoms with van der Waals surface area (Å²) >= 11 is 0. The number of methoxy groups -OCH3 is 2. The molecule has 0 radical (unpaired) electrons. The molecule has 114 valence electrons. The third kappa shape index (κ3) is 3.98. The van der Waals surface area contributed by atoms with Crippen LogP contribution in [0.3, 0.4) is 0 Å². The summed E-state index contributed by atoms with van der Waals surface area (Å²) in [6, 6.07) is 5.68. The lowest BCUT2D eigenvalue weighted by molar-refractivity contribution is 0.355. The van der Waals surface area contributed by atoms with Crippen LogP contribution in [0.25, 0.3) is 11.3 Å². The van der Waals surface area contributed by atoms with Crippen LogP contribution >= 0.6 is 0 Å². The highest BCUT2D eigenvalue weighted by molar-refractivity contribution is 5.62. The molecule has 0 spiro atoms. The van der Waals surface area contributed by atoms with Crippen molar-refractivity contribution < 1.29 is 13.9 Å². The molecule has 0 atom stereocenters. The minimum Gasteiger partial charge on any atom is -0.493 e. The van der Waals surface area contributed by atoms with E-state index in [0.717, 1.165) is 43.1 Å². The second kappa shape index (κ2) is 7.69. The number of ether oxygens (including phenoxy) is 2. The van der Waals surface area contributed by atoms with Crippen LogP contribution in [0.15, 0.2) is 28.8 Å². The van der Waals surface area contributed by atoms with Gasteiger partial charge in [-0.2, -0.15) is 0 Å². The van der Waals surface area contributed by atoms with Crippen molar-refractivity contribution >= 4 is 0 Å². The third-order valence-electron chi connectivity index (χ3n) is 3.16. The van der Waals surface area contributed by atoms with Crippen LogP contribution in [0, 0.1) is 0 Å². The Morgan fingerprint density at radius 3 is 2.67 bits per heavy atom. The number of rotatable bonds is 8. The molecule has 0 aliphatic heterocycles. The Labute approximate surface area is 125 Å². The van der Waals surface area contributed by atoms with Crippen molar-refractivity contribution in [1.29, 1.82) is 0 Å². The first-order chi connectivity index (χ1) is 10.3. The molecule has 0 amide bonds. The number of benzene rings is 1. The lowest BCUT2D eigenvalue weighted by Crippen LogP contribution is -2.17. The van der Waals surface area contributed by atoms with E-state index < -0.39 is 0 Å². The highest BCUT2D eigenvalue weighted by Gasteiger charge is 2.10. The monoisotopic (exact) mass is 290 g/mol. The van der Waals surface area contributed by atoms with Gasteiger partial charge in [-0.05, 0) is 31.2 Å². The minimum absolute atomic E-state index is 0.678. The first kappa shape index (κ1) is 15.4. The normalized spacial score (nSPS) is 10.6. The van der Waals surface area contributed by atoms with Gasteiger partial charge in [0, 0.05) is 18.5 Å². The lowest BCUT2D eigenvalue weighted by Gasteiger charge is -2.08. The highest BCUT2D eigenvalue weighted by Crippen LogP contribution is 2.32. The van der Waals surface area contributed by atoms with E-state index in [1.807, 2.05) is 18.2 Å². The molecule has 0 fully saturated rings. The maximum atomic E-state index is 5.78. The second-order valence-corrected chi connectivity index (χ2v) is 4.69. The first-order valence-electron chi connectivity index (χ1n) is 7.16. The molecule has 1 aromatic heterocycles. The van der Waals surface area contributed by atoms with Crippen molar-refractivity contribution in [2.75, 3.05) is 27.3 Å². The molecule has 0 saturated heterocycles. The number of nitrogens with zero attached hydrogens (tertiary/aromatic N) is 1. The van der Waals surface area contributed by atoms with Crippen LogP contribution in [0.2, 0.25) is 0 Å². The zero-order valence-corrected chi connectivity index (χ0v) is 12.8. The van der Waals surface area contributed by atoms with Crippen molar-refractivity contribution in [2.45, 2.75) is 19.8 Å². The van der Waals surface area contributed by atoms with E-state index in [2.05, 4.69) is 17.2 Å². The van der Waals surface area contributed by atoms with Crippen molar-refractivity contribution in [3.05, 3.63) is 30.3 Å². The van der Waals surface area contributed by atoms with Gasteiger partial charge in [0.25, 0.3) is 0 Å². The van der Waals surface area contributed by atoms with Crippen molar-refractivity contribution in [3.8, 4) is 22.8 Å². The molecule has 5 nitrogen and oxygen atoms in total. The molecule has 0 unspecified atom stereocenters. The summed E-state index contributed by atoms with van der Waals surface area (Å²) in [4.78, 5) is 4.31. The quantitative estimate of drug-likeness (QED) is 0.758. The Kier molecular flexibility index (Phi) is 5.63. The molecule has 2 rings (SSSR count). The lowest BCUT2D eigenvalue weighted by atomic mass is 10.1. The van der Waals surface area contributed by atoms with Crippen LogP contribution in [-0.4, -0.2) is 32.3 Å². The van der Waals surface area contributed by atoms with Crippen LogP contribution in [0.4, 0.5) is 0 Å². The van der Waals surface area contributed by atoms with E-state index in [9.17, 15) is 0 Å². The summed E-state index contributed by atoms with van der Waals surface area (Å²) in [5.74, 6) is 2.85. The molecule has 2 aromatic rings. The zero-order chi connectivity index (χ0) is 15.1. The van der Waals surface area contributed by atoms with Crippen molar-refractivity contribution in [3.63, 3.8) is 0 Å². The van der Waals surface area contributed by atoms with Gasteiger partial charge in [0.05, 0.1) is 20.4 Å². The van der Waals surface area contributed by atoms with Gasteiger partial charge in [-0.3, -0.25) is 0 Å². The van der Waals surface area contributed by atoms with E-state index in [0.29, 0.717) is 11.5 Å².